The van der Waals surface area contributed by atoms with Crippen LogP contribution in [0.3, 0.4) is 0 Å². The van der Waals surface area contributed by atoms with E-state index >= 15 is 0 Å². The van der Waals surface area contributed by atoms with Gasteiger partial charge in [-0.25, -0.2) is 0 Å². The van der Waals surface area contributed by atoms with Gasteiger partial charge in [-0.05, 0) is 33.7 Å². The van der Waals surface area contributed by atoms with Crippen LogP contribution in [0.2, 0.25) is 0 Å². The normalized spacial score (nSPS) is 9.11. The average Bonchev–Trinajstić information content (AvgIpc) is 2.37. The van der Waals surface area contributed by atoms with Gasteiger partial charge in [0.05, 0.1) is 0 Å². The Labute approximate surface area is 148 Å². The molecule has 3 aromatic rings. The van der Waals surface area contributed by atoms with Gasteiger partial charge in [-0.15, -0.1) is 0 Å². The van der Waals surface area contributed by atoms with Crippen molar-refractivity contribution < 1.29 is 61.3 Å². The molecule has 3 heteroatoms. The van der Waals surface area contributed by atoms with Crippen LogP contribution in [0.25, 0.3) is 21.5 Å². The molecule has 0 aliphatic rings. The van der Waals surface area contributed by atoms with Crippen LogP contribution in [-0.2, 0) is 4.79 Å². The zero-order valence-corrected chi connectivity index (χ0v) is 13.3. The molecule has 0 atom stereocenters. The van der Waals surface area contributed by atoms with Gasteiger partial charge < -0.3 is 9.90 Å². The Hall–Kier alpha value is -0.714. The topological polar surface area (TPSA) is 40.1 Å². The summed E-state index contributed by atoms with van der Waals surface area (Å²) in [5.74, 6) is 0. The van der Waals surface area contributed by atoms with E-state index in [1.165, 1.54) is 21.5 Å². The molecule has 0 saturated heterocycles. The number of benzene rings is 3. The van der Waals surface area contributed by atoms with E-state index in [0.717, 1.165) is 0 Å². The van der Waals surface area contributed by atoms with Crippen molar-refractivity contribution in [3.8, 4) is 0 Å². The Kier molecular flexibility index (Phi) is 6.53. The largest absolute Gasteiger partial charge is 1.00 e. The molecule has 0 radical (unpaired) electrons. The fraction of sp³-hybridized carbons (Fsp3) is 0. The molecule has 0 N–H and O–H groups in total. The van der Waals surface area contributed by atoms with Crippen molar-refractivity contribution in [3.05, 3.63) is 60.7 Å². The van der Waals surface area contributed by atoms with Gasteiger partial charge in [0.2, 0.25) is 0 Å². The van der Waals surface area contributed by atoms with Crippen LogP contribution in [0.4, 0.5) is 0 Å². The van der Waals surface area contributed by atoms with Crippen LogP contribution in [-0.4, -0.2) is 6.47 Å². The van der Waals surface area contributed by atoms with Crippen molar-refractivity contribution in [2.75, 3.05) is 0 Å². The van der Waals surface area contributed by atoms with Gasteiger partial charge in [-0.1, -0.05) is 48.5 Å². The summed E-state index contributed by atoms with van der Waals surface area (Å²) >= 11 is 0. The number of hydrogen-bond acceptors (Lipinski definition) is 2. The van der Waals surface area contributed by atoms with Crippen molar-refractivity contribution in [1.29, 1.82) is 0 Å². The quantitative estimate of drug-likeness (QED) is 0.307. The minimum Gasteiger partial charge on any atom is -0.554 e. The van der Waals surface area contributed by atoms with Crippen LogP contribution in [0, 0.1) is 0 Å². The summed E-state index contributed by atoms with van der Waals surface area (Å²) in [6, 6.07) is 21.4. The number of fused-ring (bicyclic) bond motifs is 2. The van der Waals surface area contributed by atoms with Crippen LogP contribution in [0.15, 0.2) is 60.7 Å². The van der Waals surface area contributed by atoms with Crippen LogP contribution < -0.4 is 56.5 Å². The minimum atomic E-state index is -0.500. The predicted octanol–water partition coefficient (Wildman–Crippen LogP) is -0.637. The van der Waals surface area contributed by atoms with Gasteiger partial charge in [-0.3, -0.25) is 0 Å². The Morgan fingerprint density at radius 2 is 0.944 bits per heavy atom. The monoisotopic (exact) mass is 262 g/mol. The van der Waals surface area contributed by atoms with E-state index in [0.29, 0.717) is 0 Å². The average molecular weight is 262 g/mol. The van der Waals surface area contributed by atoms with Gasteiger partial charge in [0.15, 0.2) is 0 Å². The number of carbonyl (C=O) groups is 1. The first-order chi connectivity index (χ1) is 8.35. The molecule has 0 fully saturated rings. The molecule has 18 heavy (non-hydrogen) atoms. The molecule has 0 aliphatic carbocycles. The Morgan fingerprint density at radius 1 is 0.722 bits per heavy atom. The summed E-state index contributed by atoms with van der Waals surface area (Å²) in [6.07, 6.45) is 0. The number of carboxylic acid groups (broad SMARTS) is 1. The molecule has 2 nitrogen and oxygen atoms in total. The molecule has 0 aliphatic heterocycles. The molecule has 84 valence electrons. The Balaban J connectivity index is 0.000000372. The molecule has 0 bridgehead atoms. The molecular formula is C15H11KO2. The third kappa shape index (κ3) is 3.64. The molecular weight excluding hydrogens is 251 g/mol. The van der Waals surface area contributed by atoms with Crippen LogP contribution >= 0.6 is 0 Å². The number of rotatable bonds is 0. The fourth-order valence-corrected chi connectivity index (χ4v) is 1.88. The molecule has 0 saturated carbocycles. The van der Waals surface area contributed by atoms with Gasteiger partial charge in [0.1, 0.15) is 0 Å². The summed E-state index contributed by atoms with van der Waals surface area (Å²) in [5.41, 5.74) is 0. The van der Waals surface area contributed by atoms with Crippen molar-refractivity contribution >= 4 is 28.0 Å². The van der Waals surface area contributed by atoms with E-state index in [1.54, 1.807) is 0 Å². The Morgan fingerprint density at radius 3 is 1.17 bits per heavy atom. The SMILES string of the molecule is O=C[O-].[K+].c1ccc2cc3ccccc3cc2c1. The molecule has 3 aromatic carbocycles. The fourth-order valence-electron chi connectivity index (χ4n) is 1.88. The molecule has 3 rings (SSSR count). The third-order valence-electron chi connectivity index (χ3n) is 2.61. The molecule has 0 spiro atoms. The standard InChI is InChI=1S/C14H10.CH2O2.K/c1-2-6-12-10-14-8-4-3-7-13(14)9-11(12)5-1;2-1-3;/h1-10H;1H,(H,2,3);/q;;+1/p-1. The van der Waals surface area contributed by atoms with Gasteiger partial charge in [0.25, 0.3) is 0 Å². The van der Waals surface area contributed by atoms with Crippen LogP contribution in [0.1, 0.15) is 0 Å². The van der Waals surface area contributed by atoms with Gasteiger partial charge in [0, 0.05) is 6.47 Å². The number of carbonyl (C=O) groups excluding carboxylic acids is 1. The van der Waals surface area contributed by atoms with Crippen molar-refractivity contribution in [1.82, 2.24) is 0 Å². The smallest absolute Gasteiger partial charge is 0.554 e. The van der Waals surface area contributed by atoms with E-state index in [2.05, 4.69) is 60.7 Å². The number of hydrogen-bond donors (Lipinski definition) is 0. The van der Waals surface area contributed by atoms with Gasteiger partial charge >= 0.3 is 51.4 Å². The van der Waals surface area contributed by atoms with E-state index in [4.69, 9.17) is 9.90 Å². The summed E-state index contributed by atoms with van der Waals surface area (Å²) < 4.78 is 0. The van der Waals surface area contributed by atoms with Crippen molar-refractivity contribution in [2.24, 2.45) is 0 Å². The van der Waals surface area contributed by atoms with Crippen molar-refractivity contribution in [3.63, 3.8) is 0 Å². The van der Waals surface area contributed by atoms with Crippen LogP contribution in [0.5, 0.6) is 0 Å². The molecule has 0 amide bonds. The van der Waals surface area contributed by atoms with Crippen molar-refractivity contribution in [2.45, 2.75) is 0 Å². The minimum absolute atomic E-state index is 0. The maximum atomic E-state index is 8.25. The maximum Gasteiger partial charge on any atom is 1.00 e. The second kappa shape index (κ2) is 7.66. The summed E-state index contributed by atoms with van der Waals surface area (Å²) in [6.45, 7) is -0.500. The zero-order valence-electron chi connectivity index (χ0n) is 10.2. The Bertz CT molecular complexity index is 545. The van der Waals surface area contributed by atoms with E-state index in [-0.39, 0.29) is 51.4 Å². The first-order valence-electron chi connectivity index (χ1n) is 5.28. The van der Waals surface area contributed by atoms with E-state index < -0.39 is 6.47 Å². The molecule has 0 aromatic heterocycles. The zero-order chi connectivity index (χ0) is 12.1. The first kappa shape index (κ1) is 15.3. The summed E-state index contributed by atoms with van der Waals surface area (Å²) in [4.78, 5) is 8.25. The summed E-state index contributed by atoms with van der Waals surface area (Å²) in [7, 11) is 0. The van der Waals surface area contributed by atoms with E-state index in [1.807, 2.05) is 0 Å². The second-order valence-electron chi connectivity index (χ2n) is 3.64. The summed E-state index contributed by atoms with van der Waals surface area (Å²) in [5, 5.41) is 13.5. The third-order valence-corrected chi connectivity index (χ3v) is 2.61. The first-order valence-corrected chi connectivity index (χ1v) is 5.28. The molecule has 0 heterocycles. The molecule has 0 unspecified atom stereocenters. The maximum absolute atomic E-state index is 8.25. The van der Waals surface area contributed by atoms with E-state index in [9.17, 15) is 0 Å². The predicted molar refractivity (Wildman–Crippen MR) is 67.5 cm³/mol. The second-order valence-corrected chi connectivity index (χ2v) is 3.64. The van der Waals surface area contributed by atoms with Gasteiger partial charge in [-0.2, -0.15) is 0 Å².